The van der Waals surface area contributed by atoms with Crippen molar-refractivity contribution in [3.05, 3.63) is 24.3 Å². The summed E-state index contributed by atoms with van der Waals surface area (Å²) in [6, 6.07) is 0. The number of nitrogens with one attached hydrogen (secondary N) is 1. The van der Waals surface area contributed by atoms with Crippen LogP contribution in [0.3, 0.4) is 0 Å². The molecule has 1 aliphatic heterocycles. The van der Waals surface area contributed by atoms with Gasteiger partial charge in [0.1, 0.15) is 12.2 Å². The Balaban J connectivity index is 1.77. The van der Waals surface area contributed by atoms with Crippen LogP contribution in [0.1, 0.15) is 33.6 Å². The van der Waals surface area contributed by atoms with Crippen molar-refractivity contribution < 1.29 is 18.7 Å². The number of hydrogen-bond donors (Lipinski definition) is 1. The van der Waals surface area contributed by atoms with Crippen LogP contribution in [-0.2, 0) is 4.74 Å². The van der Waals surface area contributed by atoms with Crippen LogP contribution >= 0.6 is 0 Å². The molecule has 8 heteroatoms. The predicted octanol–water partition coefficient (Wildman–Crippen LogP) is 2.83. The van der Waals surface area contributed by atoms with Gasteiger partial charge in [-0.2, -0.15) is 0 Å². The molecular formula is C17H25FN4O3. The molecule has 1 aromatic rings. The summed E-state index contributed by atoms with van der Waals surface area (Å²) in [5, 5.41) is 2.49. The molecule has 1 saturated heterocycles. The Hall–Kier alpha value is -2.38. The minimum Gasteiger partial charge on any atom is -0.486 e. The van der Waals surface area contributed by atoms with E-state index >= 15 is 0 Å². The lowest BCUT2D eigenvalue weighted by Crippen LogP contribution is -2.34. The number of amides is 1. The van der Waals surface area contributed by atoms with Gasteiger partial charge in [0.2, 0.25) is 5.95 Å². The van der Waals surface area contributed by atoms with Gasteiger partial charge in [0, 0.05) is 25.2 Å². The van der Waals surface area contributed by atoms with Crippen molar-refractivity contribution >= 4 is 12.0 Å². The summed E-state index contributed by atoms with van der Waals surface area (Å²) in [5.74, 6) is 1.12. The molecule has 0 spiro atoms. The Kier molecular flexibility index (Phi) is 6.55. The molecule has 1 amide bonds. The minimum absolute atomic E-state index is 0.00185. The number of anilines is 1. The van der Waals surface area contributed by atoms with Crippen LogP contribution < -0.4 is 15.0 Å². The monoisotopic (exact) mass is 352 g/mol. The summed E-state index contributed by atoms with van der Waals surface area (Å²) in [6.07, 6.45) is 5.24. The third-order valence-corrected chi connectivity index (χ3v) is 3.44. The normalized spacial score (nSPS) is 15.2. The molecule has 1 N–H and O–H groups in total. The number of ether oxygens (including phenoxy) is 2. The number of aromatic nitrogens is 2. The standard InChI is InChI=1S/C17H25FN4O3/c1-17(2,3)25-16(23)21-9-13(8-18)12-24-14-10-19-15(20-11-14)22-6-4-5-7-22/h8,10-11H,4-7,9,12H2,1-3H3,(H,21,23)/b13-8+. The van der Waals surface area contributed by atoms with Gasteiger partial charge in [-0.3, -0.25) is 0 Å². The average molecular weight is 352 g/mol. The molecule has 2 heterocycles. The van der Waals surface area contributed by atoms with E-state index < -0.39 is 11.7 Å². The first-order valence-electron chi connectivity index (χ1n) is 8.32. The van der Waals surface area contributed by atoms with Crippen molar-refractivity contribution in [2.75, 3.05) is 31.1 Å². The molecule has 1 aromatic heterocycles. The Morgan fingerprint density at radius 3 is 2.52 bits per heavy atom. The van der Waals surface area contributed by atoms with Crippen molar-refractivity contribution in [3.8, 4) is 5.75 Å². The number of alkyl carbamates (subject to hydrolysis) is 1. The number of rotatable bonds is 6. The molecular weight excluding hydrogens is 327 g/mol. The predicted molar refractivity (Wildman–Crippen MR) is 92.4 cm³/mol. The van der Waals surface area contributed by atoms with E-state index in [1.807, 2.05) is 0 Å². The second kappa shape index (κ2) is 8.64. The molecule has 138 valence electrons. The summed E-state index contributed by atoms with van der Waals surface area (Å²) in [5.41, 5.74) is -0.330. The van der Waals surface area contributed by atoms with Gasteiger partial charge < -0.3 is 19.7 Å². The van der Waals surface area contributed by atoms with E-state index in [1.165, 1.54) is 0 Å². The number of halogens is 1. The smallest absolute Gasteiger partial charge is 0.407 e. The van der Waals surface area contributed by atoms with E-state index in [0.29, 0.717) is 18.0 Å². The van der Waals surface area contributed by atoms with E-state index in [4.69, 9.17) is 9.47 Å². The first kappa shape index (κ1) is 19.0. The van der Waals surface area contributed by atoms with Gasteiger partial charge in [0.05, 0.1) is 18.7 Å². The molecule has 0 atom stereocenters. The Morgan fingerprint density at radius 1 is 1.32 bits per heavy atom. The van der Waals surface area contributed by atoms with Gasteiger partial charge in [-0.15, -0.1) is 0 Å². The molecule has 2 rings (SSSR count). The molecule has 0 aromatic carbocycles. The molecule has 1 fully saturated rings. The van der Waals surface area contributed by atoms with Gasteiger partial charge in [0.15, 0.2) is 5.75 Å². The zero-order valence-electron chi connectivity index (χ0n) is 14.9. The SMILES string of the molecule is CC(C)(C)OC(=O)NC/C(=C\F)COc1cnc(N2CCCC2)nc1. The molecule has 0 saturated carbocycles. The Bertz CT molecular complexity index is 593. The lowest BCUT2D eigenvalue weighted by atomic mass is 10.2. The van der Waals surface area contributed by atoms with Crippen LogP contribution in [0.2, 0.25) is 0 Å². The minimum atomic E-state index is -0.606. The topological polar surface area (TPSA) is 76.6 Å². The highest BCUT2D eigenvalue weighted by atomic mass is 19.1. The highest BCUT2D eigenvalue weighted by Gasteiger charge is 2.16. The van der Waals surface area contributed by atoms with Crippen molar-refractivity contribution in [3.63, 3.8) is 0 Å². The highest BCUT2D eigenvalue weighted by Crippen LogP contribution is 2.17. The van der Waals surface area contributed by atoms with E-state index in [2.05, 4.69) is 20.2 Å². The molecule has 0 unspecified atom stereocenters. The summed E-state index contributed by atoms with van der Waals surface area (Å²) >= 11 is 0. The van der Waals surface area contributed by atoms with Gasteiger partial charge in [-0.1, -0.05) is 0 Å². The maximum Gasteiger partial charge on any atom is 0.407 e. The van der Waals surface area contributed by atoms with E-state index in [0.717, 1.165) is 25.9 Å². The highest BCUT2D eigenvalue weighted by molar-refractivity contribution is 5.68. The second-order valence-corrected chi connectivity index (χ2v) is 6.82. The van der Waals surface area contributed by atoms with Crippen molar-refractivity contribution in [2.45, 2.75) is 39.2 Å². The lowest BCUT2D eigenvalue weighted by Gasteiger charge is -2.20. The summed E-state index contributed by atoms with van der Waals surface area (Å²) in [4.78, 5) is 22.2. The zero-order chi connectivity index (χ0) is 18.3. The quantitative estimate of drug-likeness (QED) is 0.848. The Labute approximate surface area is 147 Å². The molecule has 0 radical (unpaired) electrons. The fourth-order valence-electron chi connectivity index (χ4n) is 2.26. The van der Waals surface area contributed by atoms with Gasteiger partial charge >= 0.3 is 6.09 Å². The van der Waals surface area contributed by atoms with Gasteiger partial charge in [0.25, 0.3) is 0 Å². The number of nitrogens with zero attached hydrogens (tertiary/aromatic N) is 3. The number of hydrogen-bond acceptors (Lipinski definition) is 6. The lowest BCUT2D eigenvalue weighted by molar-refractivity contribution is 0.0531. The molecule has 0 aliphatic carbocycles. The number of carbonyl (C=O) groups excluding carboxylic acids is 1. The maximum absolute atomic E-state index is 12.9. The molecule has 7 nitrogen and oxygen atoms in total. The summed E-state index contributed by atoms with van der Waals surface area (Å²) in [6.45, 7) is 7.18. The number of carbonyl (C=O) groups is 1. The van der Waals surface area contributed by atoms with Crippen LogP contribution in [-0.4, -0.2) is 47.9 Å². The Morgan fingerprint density at radius 2 is 1.96 bits per heavy atom. The van der Waals surface area contributed by atoms with Crippen molar-refractivity contribution in [2.24, 2.45) is 0 Å². The van der Waals surface area contributed by atoms with Crippen LogP contribution in [0.15, 0.2) is 24.3 Å². The maximum atomic E-state index is 12.9. The third kappa shape index (κ3) is 6.56. The van der Waals surface area contributed by atoms with E-state index in [-0.39, 0.29) is 18.7 Å². The molecule has 1 aliphatic rings. The van der Waals surface area contributed by atoms with E-state index in [9.17, 15) is 9.18 Å². The van der Waals surface area contributed by atoms with Crippen LogP contribution in [0.5, 0.6) is 5.75 Å². The van der Waals surface area contributed by atoms with E-state index in [1.54, 1.807) is 33.2 Å². The third-order valence-electron chi connectivity index (χ3n) is 3.44. The fraction of sp³-hybridized carbons (Fsp3) is 0.588. The van der Waals surface area contributed by atoms with Crippen LogP contribution in [0.4, 0.5) is 15.1 Å². The largest absolute Gasteiger partial charge is 0.486 e. The van der Waals surface area contributed by atoms with Crippen molar-refractivity contribution in [1.29, 1.82) is 0 Å². The first-order valence-corrected chi connectivity index (χ1v) is 8.32. The average Bonchev–Trinajstić information content (AvgIpc) is 3.08. The summed E-state index contributed by atoms with van der Waals surface area (Å²) in [7, 11) is 0. The van der Waals surface area contributed by atoms with Crippen LogP contribution in [0, 0.1) is 0 Å². The molecule has 0 bridgehead atoms. The first-order chi connectivity index (χ1) is 11.9. The van der Waals surface area contributed by atoms with Crippen molar-refractivity contribution in [1.82, 2.24) is 15.3 Å². The van der Waals surface area contributed by atoms with Gasteiger partial charge in [-0.05, 0) is 33.6 Å². The second-order valence-electron chi connectivity index (χ2n) is 6.82. The fourth-order valence-corrected chi connectivity index (χ4v) is 2.26. The zero-order valence-corrected chi connectivity index (χ0v) is 14.9. The van der Waals surface area contributed by atoms with Gasteiger partial charge in [-0.25, -0.2) is 19.2 Å². The summed E-state index contributed by atoms with van der Waals surface area (Å²) < 4.78 is 23.5. The molecule has 25 heavy (non-hydrogen) atoms. The van der Waals surface area contributed by atoms with Crippen LogP contribution in [0.25, 0.3) is 0 Å².